The van der Waals surface area contributed by atoms with Gasteiger partial charge < -0.3 is 18.6 Å². The van der Waals surface area contributed by atoms with Crippen LogP contribution in [-0.4, -0.2) is 44.5 Å². The van der Waals surface area contributed by atoms with E-state index in [4.69, 9.17) is 18.6 Å². The van der Waals surface area contributed by atoms with E-state index in [1.54, 1.807) is 0 Å². The minimum Gasteiger partial charge on any atom is -0.405 e. The molecule has 2 saturated heterocycles. The fourth-order valence-corrected chi connectivity index (χ4v) is 11.5. The van der Waals surface area contributed by atoms with Crippen LogP contribution in [0.25, 0.3) is 0 Å². The summed E-state index contributed by atoms with van der Waals surface area (Å²) in [5.74, 6) is -0.0937. The molecule has 0 aromatic heterocycles. The summed E-state index contributed by atoms with van der Waals surface area (Å²) in [5.41, 5.74) is -0.0483. The molecule has 1 unspecified atom stereocenters. The molecule has 1 saturated carbocycles. The van der Waals surface area contributed by atoms with Gasteiger partial charge in [0, 0.05) is 10.7 Å². The molecule has 2 aromatic rings. The average Bonchev–Trinajstić information content (AvgIpc) is 3.36. The van der Waals surface area contributed by atoms with Gasteiger partial charge in [-0.25, -0.2) is 0 Å². The molecule has 1 aliphatic carbocycles. The van der Waals surface area contributed by atoms with Gasteiger partial charge in [0.2, 0.25) is 0 Å². The summed E-state index contributed by atoms with van der Waals surface area (Å²) in [6, 6.07) is 21.6. The van der Waals surface area contributed by atoms with Gasteiger partial charge in [0.25, 0.3) is 8.32 Å². The third-order valence-electron chi connectivity index (χ3n) is 7.74. The zero-order valence-electron chi connectivity index (χ0n) is 20.2. The maximum Gasteiger partial charge on any atom is 0.261 e. The molecular weight excluding hydrogens is 496 g/mol. The van der Waals surface area contributed by atoms with Gasteiger partial charge in [-0.2, -0.15) is 0 Å². The first-order chi connectivity index (χ1) is 15.6. The highest BCUT2D eigenvalue weighted by atomic mass is 79.9. The summed E-state index contributed by atoms with van der Waals surface area (Å²) < 4.78 is 26.3. The van der Waals surface area contributed by atoms with E-state index in [1.807, 2.05) is 13.8 Å². The van der Waals surface area contributed by atoms with Gasteiger partial charge in [0.15, 0.2) is 12.1 Å². The molecular formula is C27H35BrO4Si. The first-order valence-electron chi connectivity index (χ1n) is 12.0. The van der Waals surface area contributed by atoms with Crippen molar-refractivity contribution in [3.05, 3.63) is 60.7 Å². The Morgan fingerprint density at radius 1 is 0.970 bits per heavy atom. The quantitative estimate of drug-likeness (QED) is 0.395. The molecule has 3 aliphatic rings. The molecule has 5 atom stereocenters. The number of alkyl halides is 1. The van der Waals surface area contributed by atoms with Crippen molar-refractivity contribution in [1.82, 2.24) is 0 Å². The zero-order chi connectivity index (χ0) is 23.5. The fourth-order valence-electron chi connectivity index (χ4n) is 6.13. The monoisotopic (exact) mass is 530 g/mol. The summed E-state index contributed by atoms with van der Waals surface area (Å²) in [6.45, 7) is 11.4. The Hall–Kier alpha value is -1.02. The molecule has 2 aromatic carbocycles. The standard InChI is InChI=1S/C27H35BrO4Si/c1-25(2,3)33(20-12-8-6-9-13-20,21-14-10-7-11-15-21)29-18-22-27(16-19(27)17-28)23-24(30-22)32-26(4,5)31-23/h6-15,19,22-24H,16-18H2,1-5H3/t19?,22-,23+,24-,27-/m1/s1. The molecule has 2 aliphatic heterocycles. The highest BCUT2D eigenvalue weighted by molar-refractivity contribution is 9.09. The molecule has 178 valence electrons. The lowest BCUT2D eigenvalue weighted by molar-refractivity contribution is -0.215. The molecule has 5 rings (SSSR count). The molecule has 2 heterocycles. The van der Waals surface area contributed by atoms with Crippen LogP contribution in [0.1, 0.15) is 41.0 Å². The van der Waals surface area contributed by atoms with Gasteiger partial charge in [0.1, 0.15) is 6.10 Å². The lowest BCUT2D eigenvalue weighted by Crippen LogP contribution is -2.67. The number of fused-ring (bicyclic) bond motifs is 2. The summed E-state index contributed by atoms with van der Waals surface area (Å²) in [5, 5.41) is 3.46. The van der Waals surface area contributed by atoms with Crippen molar-refractivity contribution in [2.24, 2.45) is 11.3 Å². The van der Waals surface area contributed by atoms with E-state index in [9.17, 15) is 0 Å². The number of hydrogen-bond donors (Lipinski definition) is 0. The van der Waals surface area contributed by atoms with Crippen LogP contribution in [0.2, 0.25) is 5.04 Å². The highest BCUT2D eigenvalue weighted by Gasteiger charge is 2.74. The molecule has 6 heteroatoms. The first kappa shape index (κ1) is 23.7. The van der Waals surface area contributed by atoms with Crippen molar-refractivity contribution >= 4 is 34.6 Å². The van der Waals surface area contributed by atoms with Crippen LogP contribution in [0.15, 0.2) is 60.7 Å². The SMILES string of the molecule is CC1(C)O[C@H]2O[C@H](CO[Si](c3ccccc3)(c3ccccc3)C(C)(C)C)[C@]3(CC3CBr)[C@H]2O1. The molecule has 33 heavy (non-hydrogen) atoms. The van der Waals surface area contributed by atoms with Crippen molar-refractivity contribution in [2.45, 2.75) is 70.4 Å². The summed E-state index contributed by atoms with van der Waals surface area (Å²) in [7, 11) is -2.62. The fraction of sp³-hybridized carbons (Fsp3) is 0.556. The van der Waals surface area contributed by atoms with Crippen LogP contribution in [0.3, 0.4) is 0 Å². The normalized spacial score (nSPS) is 32.8. The average molecular weight is 532 g/mol. The van der Waals surface area contributed by atoms with Gasteiger partial charge in [-0.3, -0.25) is 0 Å². The van der Waals surface area contributed by atoms with Crippen LogP contribution in [-0.2, 0) is 18.6 Å². The first-order valence-corrected chi connectivity index (χ1v) is 15.0. The molecule has 1 spiro atoms. The van der Waals surface area contributed by atoms with Crippen molar-refractivity contribution in [1.29, 1.82) is 0 Å². The molecule has 0 N–H and O–H groups in total. The van der Waals surface area contributed by atoms with Crippen molar-refractivity contribution in [3.63, 3.8) is 0 Å². The second kappa shape index (κ2) is 8.28. The lowest BCUT2D eigenvalue weighted by Gasteiger charge is -2.44. The summed E-state index contributed by atoms with van der Waals surface area (Å²) in [6.07, 6.45) is 0.667. The number of rotatable bonds is 6. The third-order valence-corrected chi connectivity index (χ3v) is 13.5. The van der Waals surface area contributed by atoms with Crippen molar-refractivity contribution in [2.75, 3.05) is 11.9 Å². The molecule has 4 nitrogen and oxygen atoms in total. The number of benzene rings is 2. The molecule has 0 bridgehead atoms. The Labute approximate surface area is 207 Å². The van der Waals surface area contributed by atoms with E-state index in [1.165, 1.54) is 10.4 Å². The van der Waals surface area contributed by atoms with Gasteiger partial charge in [-0.05, 0) is 41.6 Å². The molecule has 0 amide bonds. The number of hydrogen-bond acceptors (Lipinski definition) is 4. The topological polar surface area (TPSA) is 36.9 Å². The van der Waals surface area contributed by atoms with Gasteiger partial charge >= 0.3 is 0 Å². The Kier molecular flexibility index (Phi) is 5.95. The predicted octanol–water partition coefficient (Wildman–Crippen LogP) is 4.84. The van der Waals surface area contributed by atoms with Crippen LogP contribution in [0.5, 0.6) is 0 Å². The van der Waals surface area contributed by atoms with E-state index < -0.39 is 14.1 Å². The summed E-state index contributed by atoms with van der Waals surface area (Å²) >= 11 is 3.73. The van der Waals surface area contributed by atoms with E-state index in [-0.39, 0.29) is 29.0 Å². The van der Waals surface area contributed by atoms with Crippen molar-refractivity contribution in [3.8, 4) is 0 Å². The Morgan fingerprint density at radius 3 is 2.03 bits per heavy atom. The predicted molar refractivity (Wildman–Crippen MR) is 137 cm³/mol. The highest BCUT2D eigenvalue weighted by Crippen LogP contribution is 2.66. The second-order valence-corrected chi connectivity index (χ2v) is 16.1. The molecule has 3 fully saturated rings. The van der Waals surface area contributed by atoms with Crippen LogP contribution in [0, 0.1) is 11.3 Å². The zero-order valence-corrected chi connectivity index (χ0v) is 22.8. The Morgan fingerprint density at radius 2 is 1.55 bits per heavy atom. The number of halogens is 1. The van der Waals surface area contributed by atoms with E-state index >= 15 is 0 Å². The summed E-state index contributed by atoms with van der Waals surface area (Å²) in [4.78, 5) is 0. The third kappa shape index (κ3) is 3.78. The Balaban J connectivity index is 1.50. The maximum absolute atomic E-state index is 7.22. The van der Waals surface area contributed by atoms with E-state index in [0.29, 0.717) is 12.5 Å². The van der Waals surface area contributed by atoms with E-state index in [2.05, 4.69) is 97.4 Å². The van der Waals surface area contributed by atoms with Gasteiger partial charge in [-0.1, -0.05) is 97.4 Å². The second-order valence-electron chi connectivity index (χ2n) is 11.2. The number of ether oxygens (including phenoxy) is 3. The smallest absolute Gasteiger partial charge is 0.261 e. The van der Waals surface area contributed by atoms with Gasteiger partial charge in [0.05, 0.1) is 12.7 Å². The minimum atomic E-state index is -2.62. The molecule has 0 radical (unpaired) electrons. The maximum atomic E-state index is 7.22. The lowest BCUT2D eigenvalue weighted by atomic mass is 9.92. The van der Waals surface area contributed by atoms with Crippen LogP contribution >= 0.6 is 15.9 Å². The minimum absolute atomic E-state index is 0.0391. The Bertz CT molecular complexity index is 937. The largest absolute Gasteiger partial charge is 0.405 e. The van der Waals surface area contributed by atoms with Crippen LogP contribution < -0.4 is 10.4 Å². The van der Waals surface area contributed by atoms with Crippen LogP contribution in [0.4, 0.5) is 0 Å². The van der Waals surface area contributed by atoms with E-state index in [0.717, 1.165) is 11.8 Å². The van der Waals surface area contributed by atoms with Crippen molar-refractivity contribution < 1.29 is 18.6 Å². The van der Waals surface area contributed by atoms with Gasteiger partial charge in [-0.15, -0.1) is 0 Å².